The summed E-state index contributed by atoms with van der Waals surface area (Å²) in [5.41, 5.74) is 3.00. The molecule has 2 rings (SSSR count). The van der Waals surface area contributed by atoms with Crippen molar-refractivity contribution in [2.75, 3.05) is 11.9 Å². The van der Waals surface area contributed by atoms with Crippen LogP contribution in [-0.4, -0.2) is 12.0 Å². The van der Waals surface area contributed by atoms with Gasteiger partial charge in [0.1, 0.15) is 0 Å². The van der Waals surface area contributed by atoms with Crippen molar-refractivity contribution in [2.24, 2.45) is 0 Å². The van der Waals surface area contributed by atoms with Gasteiger partial charge >= 0.3 is 0 Å². The largest absolute Gasteiger partial charge is 0.367 e. The number of rotatable bonds is 4. The van der Waals surface area contributed by atoms with Crippen LogP contribution in [0.15, 0.2) is 42.6 Å². The van der Waals surface area contributed by atoms with Gasteiger partial charge in [-0.05, 0) is 23.8 Å². The molecule has 0 amide bonds. The van der Waals surface area contributed by atoms with Crippen LogP contribution in [0.3, 0.4) is 0 Å². The Morgan fingerprint density at radius 1 is 1.17 bits per heavy atom. The van der Waals surface area contributed by atoms with Gasteiger partial charge in [0.2, 0.25) is 0 Å². The molecule has 0 bridgehead atoms. The molecule has 0 spiro atoms. The first kappa shape index (κ1) is 13.2. The maximum Gasteiger partial charge on any atom is 0.0642 e. The second kappa shape index (κ2) is 6.07. The van der Waals surface area contributed by atoms with Gasteiger partial charge in [0, 0.05) is 19.1 Å². The van der Waals surface area contributed by atoms with E-state index in [1.807, 2.05) is 43.4 Å². The maximum atomic E-state index is 6.25. The molecule has 0 aliphatic rings. The zero-order chi connectivity index (χ0) is 13.0. The molecule has 0 fully saturated rings. The number of anilines is 1. The third kappa shape index (κ3) is 2.95. The Labute approximate surface area is 117 Å². The number of aromatic nitrogens is 1. The summed E-state index contributed by atoms with van der Waals surface area (Å²) in [5, 5.41) is 0.714. The van der Waals surface area contributed by atoms with Gasteiger partial charge in [-0.2, -0.15) is 0 Å². The first-order chi connectivity index (χ1) is 8.72. The lowest BCUT2D eigenvalue weighted by Gasteiger charge is -2.22. The van der Waals surface area contributed by atoms with E-state index in [0.29, 0.717) is 17.4 Å². The molecule has 0 saturated heterocycles. The highest BCUT2D eigenvalue weighted by atomic mass is 35.5. The van der Waals surface area contributed by atoms with Crippen molar-refractivity contribution in [3.05, 3.63) is 58.9 Å². The normalized spacial score (nSPS) is 10.4. The highest BCUT2D eigenvalue weighted by Gasteiger charge is 2.11. The number of benzene rings is 1. The number of nitrogens with zero attached hydrogens (tertiary/aromatic N) is 2. The molecule has 0 N–H and O–H groups in total. The molecule has 0 radical (unpaired) electrons. The molecule has 18 heavy (non-hydrogen) atoms. The third-order valence-corrected chi connectivity index (χ3v) is 3.31. The lowest BCUT2D eigenvalue weighted by molar-refractivity contribution is 0.880. The summed E-state index contributed by atoms with van der Waals surface area (Å²) in [6.45, 7) is 0.703. The van der Waals surface area contributed by atoms with E-state index < -0.39 is 0 Å². The Hall–Kier alpha value is -1.25. The van der Waals surface area contributed by atoms with Gasteiger partial charge in [-0.25, -0.2) is 0 Å². The van der Waals surface area contributed by atoms with Crippen molar-refractivity contribution in [1.82, 2.24) is 4.98 Å². The minimum Gasteiger partial charge on any atom is -0.367 e. The molecule has 4 heteroatoms. The minimum absolute atomic E-state index is 0.447. The van der Waals surface area contributed by atoms with Crippen molar-refractivity contribution in [1.29, 1.82) is 0 Å². The quantitative estimate of drug-likeness (QED) is 0.784. The lowest BCUT2D eigenvalue weighted by Crippen LogP contribution is -2.19. The standard InChI is InChI=1S/C14H14Cl2N2/c1-18(10-12-6-2-3-8-17-12)14-11(9-15)5-4-7-13(14)16/h2-8H,9-10H2,1H3. The molecule has 1 heterocycles. The van der Waals surface area contributed by atoms with Crippen LogP contribution >= 0.6 is 23.2 Å². The van der Waals surface area contributed by atoms with Crippen molar-refractivity contribution in [3.63, 3.8) is 0 Å². The number of para-hydroxylation sites is 1. The van der Waals surface area contributed by atoms with E-state index in [-0.39, 0.29) is 0 Å². The number of hydrogen-bond donors (Lipinski definition) is 0. The SMILES string of the molecule is CN(Cc1ccccn1)c1c(Cl)cccc1CCl. The van der Waals surface area contributed by atoms with E-state index in [1.54, 1.807) is 6.20 Å². The number of pyridine rings is 1. The van der Waals surface area contributed by atoms with Crippen molar-refractivity contribution < 1.29 is 0 Å². The second-order valence-electron chi connectivity index (χ2n) is 4.06. The van der Waals surface area contributed by atoms with Crippen LogP contribution in [0.4, 0.5) is 5.69 Å². The van der Waals surface area contributed by atoms with Crippen LogP contribution in [0, 0.1) is 0 Å². The van der Waals surface area contributed by atoms with Gasteiger partial charge in [-0.3, -0.25) is 4.98 Å². The van der Waals surface area contributed by atoms with E-state index in [9.17, 15) is 0 Å². The highest BCUT2D eigenvalue weighted by molar-refractivity contribution is 6.33. The van der Waals surface area contributed by atoms with Crippen LogP contribution in [0.1, 0.15) is 11.3 Å². The van der Waals surface area contributed by atoms with Crippen molar-refractivity contribution >= 4 is 28.9 Å². The van der Waals surface area contributed by atoms with E-state index in [0.717, 1.165) is 16.9 Å². The summed E-state index contributed by atoms with van der Waals surface area (Å²) in [6.07, 6.45) is 1.79. The third-order valence-electron chi connectivity index (χ3n) is 2.72. The van der Waals surface area contributed by atoms with E-state index in [4.69, 9.17) is 23.2 Å². The van der Waals surface area contributed by atoms with Gasteiger partial charge in [0.15, 0.2) is 0 Å². The Morgan fingerprint density at radius 3 is 2.67 bits per heavy atom. The zero-order valence-corrected chi connectivity index (χ0v) is 11.6. The molecule has 1 aromatic heterocycles. The molecular formula is C14H14Cl2N2. The average Bonchev–Trinajstić information content (AvgIpc) is 2.39. The molecular weight excluding hydrogens is 267 g/mol. The van der Waals surface area contributed by atoms with E-state index in [2.05, 4.69) is 9.88 Å². The molecule has 1 aromatic carbocycles. The van der Waals surface area contributed by atoms with Crippen LogP contribution in [0.2, 0.25) is 5.02 Å². The molecule has 0 aliphatic heterocycles. The van der Waals surface area contributed by atoms with E-state index >= 15 is 0 Å². The molecule has 0 saturated carbocycles. The predicted molar refractivity (Wildman–Crippen MR) is 77.4 cm³/mol. The first-order valence-corrected chi connectivity index (χ1v) is 6.58. The van der Waals surface area contributed by atoms with Gasteiger partial charge in [0.25, 0.3) is 0 Å². The Bertz CT molecular complexity index is 514. The van der Waals surface area contributed by atoms with Crippen LogP contribution in [-0.2, 0) is 12.4 Å². The summed E-state index contributed by atoms with van der Waals surface area (Å²) in [5.74, 6) is 0.447. The lowest BCUT2D eigenvalue weighted by atomic mass is 10.2. The van der Waals surface area contributed by atoms with Gasteiger partial charge in [0.05, 0.1) is 22.9 Å². The van der Waals surface area contributed by atoms with E-state index in [1.165, 1.54) is 0 Å². The Morgan fingerprint density at radius 2 is 2.00 bits per heavy atom. The number of halogens is 2. The molecule has 0 unspecified atom stereocenters. The maximum absolute atomic E-state index is 6.25. The molecule has 0 atom stereocenters. The van der Waals surface area contributed by atoms with Crippen LogP contribution in [0.25, 0.3) is 0 Å². The summed E-state index contributed by atoms with van der Waals surface area (Å²) in [7, 11) is 1.99. The van der Waals surface area contributed by atoms with Gasteiger partial charge in [-0.15, -0.1) is 11.6 Å². The summed E-state index contributed by atoms with van der Waals surface area (Å²) >= 11 is 12.2. The van der Waals surface area contributed by atoms with Crippen LogP contribution in [0.5, 0.6) is 0 Å². The molecule has 0 aliphatic carbocycles. The molecule has 2 nitrogen and oxygen atoms in total. The first-order valence-electron chi connectivity index (χ1n) is 5.66. The summed E-state index contributed by atoms with van der Waals surface area (Å²) in [6, 6.07) is 11.7. The van der Waals surface area contributed by atoms with Crippen molar-refractivity contribution in [3.8, 4) is 0 Å². The van der Waals surface area contributed by atoms with Crippen LogP contribution < -0.4 is 4.90 Å². The fourth-order valence-electron chi connectivity index (χ4n) is 1.91. The van der Waals surface area contributed by atoms with Crippen molar-refractivity contribution in [2.45, 2.75) is 12.4 Å². The summed E-state index contributed by atoms with van der Waals surface area (Å²) in [4.78, 5) is 6.38. The van der Waals surface area contributed by atoms with Gasteiger partial charge < -0.3 is 4.90 Å². The fraction of sp³-hybridized carbons (Fsp3) is 0.214. The zero-order valence-electron chi connectivity index (χ0n) is 10.1. The molecule has 2 aromatic rings. The topological polar surface area (TPSA) is 16.1 Å². The number of hydrogen-bond acceptors (Lipinski definition) is 2. The second-order valence-corrected chi connectivity index (χ2v) is 4.73. The fourth-order valence-corrected chi connectivity index (χ4v) is 2.46. The summed E-state index contributed by atoms with van der Waals surface area (Å²) < 4.78 is 0. The van der Waals surface area contributed by atoms with Gasteiger partial charge in [-0.1, -0.05) is 29.8 Å². The smallest absolute Gasteiger partial charge is 0.0642 e. The Kier molecular flexibility index (Phi) is 4.45. The average molecular weight is 281 g/mol. The molecule has 94 valence electrons. The highest BCUT2D eigenvalue weighted by Crippen LogP contribution is 2.30. The number of alkyl halides is 1. The Balaban J connectivity index is 2.26. The monoisotopic (exact) mass is 280 g/mol. The predicted octanol–water partition coefficient (Wildman–Crippen LogP) is 4.11. The minimum atomic E-state index is 0.447.